The third-order valence-electron chi connectivity index (χ3n) is 3.07. The fourth-order valence-electron chi connectivity index (χ4n) is 2.21. The van der Waals surface area contributed by atoms with E-state index in [1.807, 2.05) is 6.07 Å². The summed E-state index contributed by atoms with van der Waals surface area (Å²) in [5, 5.41) is 14.4. The quantitative estimate of drug-likeness (QED) is 0.688. The number of rotatable bonds is 3. The molecule has 1 heterocycles. The summed E-state index contributed by atoms with van der Waals surface area (Å²) in [4.78, 5) is 12.7. The lowest BCUT2D eigenvalue weighted by Gasteiger charge is -2.31. The van der Waals surface area contributed by atoms with Crippen LogP contribution in [-0.2, 0) is 6.54 Å². The fourth-order valence-corrected chi connectivity index (χ4v) is 2.40. The highest BCUT2D eigenvalue weighted by Gasteiger charge is 2.18. The minimum atomic E-state index is -0.438. The summed E-state index contributed by atoms with van der Waals surface area (Å²) in [6.07, 6.45) is 0. The average Bonchev–Trinajstić information content (AvgIpc) is 2.31. The number of nitrogens with zero attached hydrogens (tertiary/aromatic N) is 2. The van der Waals surface area contributed by atoms with Gasteiger partial charge in [-0.25, -0.2) is 0 Å². The molecule has 19 heavy (non-hydrogen) atoms. The Morgan fingerprint density at radius 3 is 2.95 bits per heavy atom. The van der Waals surface area contributed by atoms with Crippen LogP contribution in [0.25, 0.3) is 0 Å². The molecule has 1 fully saturated rings. The zero-order valence-corrected chi connectivity index (χ0v) is 12.2. The summed E-state index contributed by atoms with van der Waals surface area (Å²) in [7, 11) is 0. The molecule has 1 aliphatic heterocycles. The van der Waals surface area contributed by atoms with Gasteiger partial charge in [-0.05, 0) is 18.6 Å². The van der Waals surface area contributed by atoms with Crippen molar-refractivity contribution in [3.05, 3.63) is 38.9 Å². The molecule has 0 spiro atoms. The molecular formula is C12H17Cl2N3O2. The number of nitrogens with one attached hydrogen (secondary N) is 1. The molecular weight excluding hydrogens is 289 g/mol. The van der Waals surface area contributed by atoms with Gasteiger partial charge in [0.1, 0.15) is 5.02 Å². The largest absolute Gasteiger partial charge is 0.312 e. The molecule has 0 aromatic heterocycles. The number of benzene rings is 1. The van der Waals surface area contributed by atoms with Crippen LogP contribution in [-0.4, -0.2) is 35.5 Å². The van der Waals surface area contributed by atoms with E-state index in [0.29, 0.717) is 6.04 Å². The summed E-state index contributed by atoms with van der Waals surface area (Å²) >= 11 is 5.79. The van der Waals surface area contributed by atoms with Gasteiger partial charge >= 0.3 is 0 Å². The van der Waals surface area contributed by atoms with Gasteiger partial charge < -0.3 is 5.32 Å². The Morgan fingerprint density at radius 1 is 1.58 bits per heavy atom. The average molecular weight is 306 g/mol. The topological polar surface area (TPSA) is 58.4 Å². The van der Waals surface area contributed by atoms with Gasteiger partial charge in [0.15, 0.2) is 0 Å². The fraction of sp³-hybridized carbons (Fsp3) is 0.500. The monoisotopic (exact) mass is 305 g/mol. The first-order valence-electron chi connectivity index (χ1n) is 5.95. The molecule has 0 saturated carbocycles. The van der Waals surface area contributed by atoms with Gasteiger partial charge in [-0.3, -0.25) is 15.0 Å². The van der Waals surface area contributed by atoms with Crippen molar-refractivity contribution in [2.24, 2.45) is 0 Å². The Morgan fingerprint density at radius 2 is 2.32 bits per heavy atom. The lowest BCUT2D eigenvalue weighted by Crippen LogP contribution is -2.48. The SMILES string of the molecule is C[C@@H]1CN(Cc2ccc(Cl)c([N+](=O)[O-])c2)CCN1.Cl. The van der Waals surface area contributed by atoms with Crippen molar-refractivity contribution in [1.29, 1.82) is 0 Å². The number of halogens is 2. The van der Waals surface area contributed by atoms with Gasteiger partial charge in [-0.1, -0.05) is 17.7 Å². The lowest BCUT2D eigenvalue weighted by molar-refractivity contribution is -0.384. The highest BCUT2D eigenvalue weighted by Crippen LogP contribution is 2.25. The van der Waals surface area contributed by atoms with Crippen molar-refractivity contribution < 1.29 is 4.92 Å². The van der Waals surface area contributed by atoms with Gasteiger partial charge in [-0.2, -0.15) is 0 Å². The maximum atomic E-state index is 10.8. The molecule has 1 aliphatic rings. The molecule has 0 aliphatic carbocycles. The van der Waals surface area contributed by atoms with Crippen molar-refractivity contribution in [2.75, 3.05) is 19.6 Å². The van der Waals surface area contributed by atoms with E-state index in [1.165, 1.54) is 0 Å². The van der Waals surface area contributed by atoms with Crippen LogP contribution in [0, 0.1) is 10.1 Å². The maximum absolute atomic E-state index is 10.8. The zero-order chi connectivity index (χ0) is 13.1. The molecule has 1 aromatic carbocycles. The van der Waals surface area contributed by atoms with Crippen molar-refractivity contribution in [3.63, 3.8) is 0 Å². The first-order chi connectivity index (χ1) is 8.56. The number of piperazine rings is 1. The maximum Gasteiger partial charge on any atom is 0.288 e. The smallest absolute Gasteiger partial charge is 0.288 e. The minimum absolute atomic E-state index is 0. The van der Waals surface area contributed by atoms with E-state index < -0.39 is 4.92 Å². The van der Waals surface area contributed by atoms with E-state index in [2.05, 4.69) is 17.1 Å². The molecule has 0 bridgehead atoms. The molecule has 0 unspecified atom stereocenters. The zero-order valence-electron chi connectivity index (χ0n) is 10.6. The third kappa shape index (κ3) is 4.31. The summed E-state index contributed by atoms with van der Waals surface area (Å²) < 4.78 is 0. The van der Waals surface area contributed by atoms with Crippen molar-refractivity contribution >= 4 is 29.7 Å². The summed E-state index contributed by atoms with van der Waals surface area (Å²) in [5.41, 5.74) is 0.914. The number of hydrogen-bond acceptors (Lipinski definition) is 4. The van der Waals surface area contributed by atoms with Crippen LogP contribution in [0.4, 0.5) is 5.69 Å². The number of nitro groups is 1. The third-order valence-corrected chi connectivity index (χ3v) is 3.39. The molecule has 1 atom stereocenters. The number of nitro benzene ring substituents is 1. The molecule has 1 N–H and O–H groups in total. The van der Waals surface area contributed by atoms with Crippen molar-refractivity contribution in [2.45, 2.75) is 19.5 Å². The van der Waals surface area contributed by atoms with Crippen LogP contribution in [0.1, 0.15) is 12.5 Å². The molecule has 0 amide bonds. The molecule has 106 valence electrons. The Bertz CT molecular complexity index is 457. The lowest BCUT2D eigenvalue weighted by atomic mass is 10.1. The van der Waals surface area contributed by atoms with Gasteiger partial charge in [0, 0.05) is 38.3 Å². The standard InChI is InChI=1S/C12H16ClN3O2.ClH/c1-9-7-15(5-4-14-9)8-10-2-3-11(13)12(6-10)16(17)18;/h2-3,6,9,14H,4-5,7-8H2,1H3;1H/t9-;/m1./s1. The summed E-state index contributed by atoms with van der Waals surface area (Å²) in [6, 6.07) is 5.47. The first kappa shape index (κ1) is 16.2. The van der Waals surface area contributed by atoms with Gasteiger partial charge in [0.05, 0.1) is 4.92 Å². The van der Waals surface area contributed by atoms with E-state index in [1.54, 1.807) is 12.1 Å². The molecule has 5 nitrogen and oxygen atoms in total. The Hall–Kier alpha value is -0.880. The Kier molecular flexibility index (Phi) is 6.00. The predicted octanol–water partition coefficient (Wildman–Crippen LogP) is 2.46. The van der Waals surface area contributed by atoms with Crippen LogP contribution < -0.4 is 5.32 Å². The molecule has 7 heteroatoms. The highest BCUT2D eigenvalue weighted by molar-refractivity contribution is 6.32. The van der Waals surface area contributed by atoms with Crippen molar-refractivity contribution in [1.82, 2.24) is 10.2 Å². The van der Waals surface area contributed by atoms with Gasteiger partial charge in [-0.15, -0.1) is 12.4 Å². The molecule has 0 radical (unpaired) electrons. The van der Waals surface area contributed by atoms with Crippen LogP contribution >= 0.6 is 24.0 Å². The minimum Gasteiger partial charge on any atom is -0.312 e. The van der Waals surface area contributed by atoms with E-state index in [9.17, 15) is 10.1 Å². The second-order valence-corrected chi connectivity index (χ2v) is 5.04. The van der Waals surface area contributed by atoms with Crippen LogP contribution in [0.3, 0.4) is 0 Å². The van der Waals surface area contributed by atoms with E-state index >= 15 is 0 Å². The second-order valence-electron chi connectivity index (χ2n) is 4.63. The predicted molar refractivity (Wildman–Crippen MR) is 78.1 cm³/mol. The molecule has 2 rings (SSSR count). The Labute approximate surface area is 123 Å². The van der Waals surface area contributed by atoms with E-state index in [-0.39, 0.29) is 23.1 Å². The number of hydrogen-bond donors (Lipinski definition) is 1. The Balaban J connectivity index is 0.00000180. The van der Waals surface area contributed by atoms with Crippen molar-refractivity contribution in [3.8, 4) is 0 Å². The van der Waals surface area contributed by atoms with Gasteiger partial charge in [0.25, 0.3) is 5.69 Å². The first-order valence-corrected chi connectivity index (χ1v) is 6.32. The normalized spacial score (nSPS) is 19.8. The van der Waals surface area contributed by atoms with Crippen LogP contribution in [0.5, 0.6) is 0 Å². The van der Waals surface area contributed by atoms with Gasteiger partial charge in [0.2, 0.25) is 0 Å². The second kappa shape index (κ2) is 7.05. The van der Waals surface area contributed by atoms with E-state index in [4.69, 9.17) is 11.6 Å². The summed E-state index contributed by atoms with van der Waals surface area (Å²) in [6.45, 7) is 5.73. The molecule has 1 saturated heterocycles. The van der Waals surface area contributed by atoms with Crippen LogP contribution in [0.15, 0.2) is 18.2 Å². The summed E-state index contributed by atoms with van der Waals surface area (Å²) in [5.74, 6) is 0. The molecule has 1 aromatic rings. The van der Waals surface area contributed by atoms with Crippen LogP contribution in [0.2, 0.25) is 5.02 Å². The highest BCUT2D eigenvalue weighted by atomic mass is 35.5. The van der Waals surface area contributed by atoms with E-state index in [0.717, 1.165) is 31.7 Å².